The van der Waals surface area contributed by atoms with E-state index >= 15 is 0 Å². The van der Waals surface area contributed by atoms with Crippen LogP contribution < -0.4 is 0 Å². The standard InChI is InChI=1S/C22H25N3O/c1-2-21-17-24(15-20-10-6-9-19(13-20)14-23)12-11-22(26)25(21)16-18-7-4-3-5-8-18/h3-10,13,21H,2,11-12,15-17H2,1H3/t21-/m1/s1. The fourth-order valence-electron chi connectivity index (χ4n) is 3.58. The monoisotopic (exact) mass is 347 g/mol. The molecule has 0 spiro atoms. The molecule has 3 rings (SSSR count). The summed E-state index contributed by atoms with van der Waals surface area (Å²) in [5, 5.41) is 9.09. The molecule has 1 fully saturated rings. The second-order valence-electron chi connectivity index (χ2n) is 6.87. The van der Waals surface area contributed by atoms with E-state index in [-0.39, 0.29) is 11.9 Å². The molecule has 0 aromatic heterocycles. The van der Waals surface area contributed by atoms with E-state index in [1.807, 2.05) is 41.3 Å². The van der Waals surface area contributed by atoms with E-state index in [1.54, 1.807) is 0 Å². The molecule has 1 atom stereocenters. The molecule has 4 nitrogen and oxygen atoms in total. The van der Waals surface area contributed by atoms with Gasteiger partial charge in [0.05, 0.1) is 11.6 Å². The lowest BCUT2D eigenvalue weighted by Gasteiger charge is -2.31. The quantitative estimate of drug-likeness (QED) is 0.831. The van der Waals surface area contributed by atoms with Crippen molar-refractivity contribution in [1.82, 2.24) is 9.80 Å². The Morgan fingerprint density at radius 2 is 1.85 bits per heavy atom. The zero-order valence-electron chi connectivity index (χ0n) is 15.3. The molecule has 1 heterocycles. The van der Waals surface area contributed by atoms with Crippen molar-refractivity contribution < 1.29 is 4.79 Å². The molecule has 26 heavy (non-hydrogen) atoms. The van der Waals surface area contributed by atoms with E-state index in [0.717, 1.165) is 31.6 Å². The van der Waals surface area contributed by atoms with Gasteiger partial charge in [0.15, 0.2) is 0 Å². The first kappa shape index (κ1) is 18.2. The number of rotatable bonds is 5. The normalized spacial score (nSPS) is 18.4. The van der Waals surface area contributed by atoms with Gasteiger partial charge in [0.25, 0.3) is 0 Å². The molecule has 0 N–H and O–H groups in total. The number of nitriles is 1. The number of hydrogen-bond donors (Lipinski definition) is 0. The van der Waals surface area contributed by atoms with Crippen LogP contribution in [0.1, 0.15) is 36.5 Å². The van der Waals surface area contributed by atoms with Gasteiger partial charge in [-0.3, -0.25) is 9.69 Å². The van der Waals surface area contributed by atoms with Crippen molar-refractivity contribution in [3.63, 3.8) is 0 Å². The van der Waals surface area contributed by atoms with E-state index in [0.29, 0.717) is 18.5 Å². The molecule has 134 valence electrons. The van der Waals surface area contributed by atoms with Crippen LogP contribution >= 0.6 is 0 Å². The highest BCUT2D eigenvalue weighted by Gasteiger charge is 2.28. The Hall–Kier alpha value is -2.64. The summed E-state index contributed by atoms with van der Waals surface area (Å²) >= 11 is 0. The fourth-order valence-corrected chi connectivity index (χ4v) is 3.58. The molecule has 0 unspecified atom stereocenters. The van der Waals surface area contributed by atoms with Crippen molar-refractivity contribution in [2.24, 2.45) is 0 Å². The molecule has 1 aliphatic rings. The molecular weight excluding hydrogens is 322 g/mol. The zero-order chi connectivity index (χ0) is 18.4. The summed E-state index contributed by atoms with van der Waals surface area (Å²) < 4.78 is 0. The number of nitrogens with zero attached hydrogens (tertiary/aromatic N) is 3. The average Bonchev–Trinajstić information content (AvgIpc) is 2.82. The highest BCUT2D eigenvalue weighted by molar-refractivity contribution is 5.77. The second kappa shape index (κ2) is 8.64. The Kier molecular flexibility index (Phi) is 6.04. The summed E-state index contributed by atoms with van der Waals surface area (Å²) in [6, 6.07) is 20.4. The lowest BCUT2D eigenvalue weighted by atomic mass is 10.1. The predicted octanol–water partition coefficient (Wildman–Crippen LogP) is 3.57. The number of carbonyl (C=O) groups excluding carboxylic acids is 1. The first-order valence-electron chi connectivity index (χ1n) is 9.24. The van der Waals surface area contributed by atoms with Crippen molar-refractivity contribution >= 4 is 5.91 Å². The third-order valence-electron chi connectivity index (χ3n) is 5.00. The summed E-state index contributed by atoms with van der Waals surface area (Å²) in [6.07, 6.45) is 1.48. The second-order valence-corrected chi connectivity index (χ2v) is 6.87. The van der Waals surface area contributed by atoms with Gasteiger partial charge in [0.2, 0.25) is 5.91 Å². The highest BCUT2D eigenvalue weighted by atomic mass is 16.2. The molecule has 4 heteroatoms. The van der Waals surface area contributed by atoms with E-state index in [9.17, 15) is 4.79 Å². The number of amides is 1. The van der Waals surface area contributed by atoms with Crippen molar-refractivity contribution in [3.05, 3.63) is 71.3 Å². The predicted molar refractivity (Wildman–Crippen MR) is 102 cm³/mol. The van der Waals surface area contributed by atoms with Crippen LogP contribution in [0.4, 0.5) is 0 Å². The van der Waals surface area contributed by atoms with Crippen molar-refractivity contribution in [3.8, 4) is 6.07 Å². The van der Waals surface area contributed by atoms with Crippen molar-refractivity contribution in [2.45, 2.75) is 38.9 Å². The molecule has 0 aliphatic carbocycles. The van der Waals surface area contributed by atoms with Gasteiger partial charge >= 0.3 is 0 Å². The van der Waals surface area contributed by atoms with E-state index in [1.165, 1.54) is 5.56 Å². The molecule has 1 aliphatic heterocycles. The molecule has 1 amide bonds. The molecular formula is C22H25N3O. The molecule has 1 saturated heterocycles. The van der Waals surface area contributed by atoms with Crippen LogP contribution in [0, 0.1) is 11.3 Å². The van der Waals surface area contributed by atoms with Gasteiger partial charge in [0.1, 0.15) is 0 Å². The lowest BCUT2D eigenvalue weighted by molar-refractivity contribution is -0.133. The Labute approximate surface area is 155 Å². The van der Waals surface area contributed by atoms with Gasteiger partial charge < -0.3 is 4.90 Å². The summed E-state index contributed by atoms with van der Waals surface area (Å²) in [5.41, 5.74) is 2.99. The number of carbonyl (C=O) groups is 1. The van der Waals surface area contributed by atoms with Gasteiger partial charge in [-0.25, -0.2) is 0 Å². The minimum atomic E-state index is 0.212. The minimum absolute atomic E-state index is 0.212. The molecule has 0 saturated carbocycles. The van der Waals surface area contributed by atoms with Crippen LogP contribution in [0.2, 0.25) is 0 Å². The van der Waals surface area contributed by atoms with Crippen molar-refractivity contribution in [1.29, 1.82) is 5.26 Å². The Balaban J connectivity index is 1.72. The summed E-state index contributed by atoms with van der Waals surface area (Å²) in [7, 11) is 0. The summed E-state index contributed by atoms with van der Waals surface area (Å²) in [6.45, 7) is 5.23. The fraction of sp³-hybridized carbons (Fsp3) is 0.364. The smallest absolute Gasteiger partial charge is 0.224 e. The van der Waals surface area contributed by atoms with Crippen molar-refractivity contribution in [2.75, 3.05) is 13.1 Å². The molecule has 2 aromatic carbocycles. The van der Waals surface area contributed by atoms with E-state index in [2.05, 4.69) is 36.1 Å². The van der Waals surface area contributed by atoms with Gasteiger partial charge in [-0.1, -0.05) is 49.4 Å². The largest absolute Gasteiger partial charge is 0.334 e. The van der Waals surface area contributed by atoms with Crippen LogP contribution in [0.5, 0.6) is 0 Å². The molecule has 2 aromatic rings. The van der Waals surface area contributed by atoms with E-state index < -0.39 is 0 Å². The topological polar surface area (TPSA) is 47.3 Å². The average molecular weight is 347 g/mol. The van der Waals surface area contributed by atoms with Gasteiger partial charge in [0, 0.05) is 38.6 Å². The van der Waals surface area contributed by atoms with Crippen LogP contribution in [0.25, 0.3) is 0 Å². The zero-order valence-corrected chi connectivity index (χ0v) is 15.3. The summed E-state index contributed by atoms with van der Waals surface area (Å²) in [4.78, 5) is 17.1. The maximum Gasteiger partial charge on any atom is 0.224 e. The first-order valence-corrected chi connectivity index (χ1v) is 9.24. The maximum atomic E-state index is 12.7. The van der Waals surface area contributed by atoms with Gasteiger partial charge in [-0.2, -0.15) is 5.26 Å². The number of hydrogen-bond acceptors (Lipinski definition) is 3. The minimum Gasteiger partial charge on any atom is -0.334 e. The van der Waals surface area contributed by atoms with Crippen LogP contribution in [-0.4, -0.2) is 34.8 Å². The van der Waals surface area contributed by atoms with Crippen LogP contribution in [0.15, 0.2) is 54.6 Å². The Morgan fingerprint density at radius 3 is 2.58 bits per heavy atom. The molecule has 0 bridgehead atoms. The van der Waals surface area contributed by atoms with Crippen LogP contribution in [-0.2, 0) is 17.9 Å². The lowest BCUT2D eigenvalue weighted by Crippen LogP contribution is -2.42. The van der Waals surface area contributed by atoms with E-state index in [4.69, 9.17) is 5.26 Å². The molecule has 0 radical (unpaired) electrons. The van der Waals surface area contributed by atoms with Gasteiger partial charge in [-0.05, 0) is 29.7 Å². The van der Waals surface area contributed by atoms with Crippen LogP contribution in [0.3, 0.4) is 0 Å². The Bertz CT molecular complexity index is 781. The first-order chi connectivity index (χ1) is 12.7. The summed E-state index contributed by atoms with van der Waals surface area (Å²) in [5.74, 6) is 0.231. The van der Waals surface area contributed by atoms with Gasteiger partial charge in [-0.15, -0.1) is 0 Å². The number of benzene rings is 2. The third-order valence-corrected chi connectivity index (χ3v) is 5.00. The third kappa shape index (κ3) is 4.50. The maximum absolute atomic E-state index is 12.7. The Morgan fingerprint density at radius 1 is 1.08 bits per heavy atom. The SMILES string of the molecule is CC[C@@H]1CN(Cc2cccc(C#N)c2)CCC(=O)N1Cc1ccccc1. The highest BCUT2D eigenvalue weighted by Crippen LogP contribution is 2.19.